The minimum absolute atomic E-state index is 0.0749. The number of Topliss-reactive ketones (excluding diaryl/α,β-unsaturated/α-hetero) is 1. The number of rotatable bonds is 0. The Morgan fingerprint density at radius 3 is 2.64 bits per heavy atom. The van der Waals surface area contributed by atoms with E-state index in [0.717, 1.165) is 10.5 Å². The third kappa shape index (κ3) is 2.50. The molecule has 0 radical (unpaired) electrons. The van der Waals surface area contributed by atoms with Crippen molar-refractivity contribution in [1.29, 1.82) is 5.26 Å². The number of imide groups is 1. The van der Waals surface area contributed by atoms with Gasteiger partial charge in [-0.05, 0) is 45.7 Å². The van der Waals surface area contributed by atoms with E-state index in [2.05, 4.69) is 6.07 Å². The number of ketones is 1. The van der Waals surface area contributed by atoms with E-state index in [-0.39, 0.29) is 5.78 Å². The van der Waals surface area contributed by atoms with Gasteiger partial charge in [-0.1, -0.05) is 23.8 Å². The van der Waals surface area contributed by atoms with Crippen LogP contribution in [0.25, 0.3) is 5.57 Å². The van der Waals surface area contributed by atoms with Crippen LogP contribution in [0.3, 0.4) is 0 Å². The van der Waals surface area contributed by atoms with Crippen LogP contribution in [0.1, 0.15) is 51.2 Å². The molecular formula is C22H20N2O4. The van der Waals surface area contributed by atoms with Crippen LogP contribution in [0.15, 0.2) is 35.4 Å². The Balaban J connectivity index is 1.93. The standard InChI is InChI=1S/C22H20N2O4/c1-11-8-12-9-14-17-13(18(19(12)25)15(11)10-23)6-5-7-16(17)24(20(14)26)21(27)28-22(2,3)4/h5-7,9,12,18H,8H2,1-4H3/t12-,18-/m0/s1. The van der Waals surface area contributed by atoms with E-state index in [1.54, 1.807) is 45.0 Å². The van der Waals surface area contributed by atoms with Crippen molar-refractivity contribution < 1.29 is 19.1 Å². The van der Waals surface area contributed by atoms with E-state index in [0.29, 0.717) is 34.4 Å². The zero-order valence-corrected chi connectivity index (χ0v) is 16.2. The number of benzene rings is 1. The van der Waals surface area contributed by atoms with Crippen molar-refractivity contribution >= 4 is 29.0 Å². The van der Waals surface area contributed by atoms with Crippen molar-refractivity contribution in [2.24, 2.45) is 5.92 Å². The summed E-state index contributed by atoms with van der Waals surface area (Å²) in [7, 11) is 0. The molecule has 1 heterocycles. The smallest absolute Gasteiger partial charge is 0.422 e. The Morgan fingerprint density at radius 1 is 1.29 bits per heavy atom. The fraction of sp³-hybridized carbons (Fsp3) is 0.364. The first-order valence-electron chi connectivity index (χ1n) is 9.20. The third-order valence-corrected chi connectivity index (χ3v) is 5.32. The monoisotopic (exact) mass is 376 g/mol. The second kappa shape index (κ2) is 5.90. The number of fused-ring (bicyclic) bond motifs is 3. The first kappa shape index (κ1) is 18.2. The average molecular weight is 376 g/mol. The van der Waals surface area contributed by atoms with Crippen LogP contribution in [0.4, 0.5) is 10.5 Å². The number of carbonyl (C=O) groups excluding carboxylic acids is 3. The van der Waals surface area contributed by atoms with Gasteiger partial charge in [-0.3, -0.25) is 9.59 Å². The van der Waals surface area contributed by atoms with Gasteiger partial charge >= 0.3 is 6.09 Å². The number of hydrogen-bond donors (Lipinski definition) is 0. The molecule has 1 aromatic rings. The first-order valence-corrected chi connectivity index (χ1v) is 9.20. The van der Waals surface area contributed by atoms with Gasteiger partial charge in [0.05, 0.1) is 17.7 Å². The van der Waals surface area contributed by atoms with Crippen molar-refractivity contribution in [2.45, 2.75) is 45.6 Å². The summed E-state index contributed by atoms with van der Waals surface area (Å²) >= 11 is 0. The van der Waals surface area contributed by atoms with Crippen molar-refractivity contribution in [3.05, 3.63) is 46.5 Å². The zero-order chi connectivity index (χ0) is 20.4. The summed E-state index contributed by atoms with van der Waals surface area (Å²) in [6.07, 6.45) is 1.32. The van der Waals surface area contributed by atoms with Crippen LogP contribution in [0.5, 0.6) is 0 Å². The number of nitriles is 1. The predicted molar refractivity (Wildman–Crippen MR) is 102 cm³/mol. The molecule has 0 saturated heterocycles. The Bertz CT molecular complexity index is 1050. The van der Waals surface area contributed by atoms with Gasteiger partial charge in [0.15, 0.2) is 5.78 Å². The molecule has 142 valence electrons. The van der Waals surface area contributed by atoms with Crippen molar-refractivity contribution in [2.75, 3.05) is 4.90 Å². The highest BCUT2D eigenvalue weighted by Crippen LogP contribution is 2.50. The van der Waals surface area contributed by atoms with Gasteiger partial charge in [-0.2, -0.15) is 5.26 Å². The highest BCUT2D eigenvalue weighted by molar-refractivity contribution is 6.40. The van der Waals surface area contributed by atoms with Gasteiger partial charge in [0, 0.05) is 22.6 Å². The molecule has 2 aliphatic carbocycles. The van der Waals surface area contributed by atoms with Crippen LogP contribution in [0, 0.1) is 17.2 Å². The topological polar surface area (TPSA) is 87.5 Å². The lowest BCUT2D eigenvalue weighted by Gasteiger charge is -2.27. The maximum atomic E-state index is 13.2. The molecule has 6 nitrogen and oxygen atoms in total. The molecule has 0 N–H and O–H groups in total. The number of nitrogens with zero attached hydrogens (tertiary/aromatic N) is 2. The molecule has 0 spiro atoms. The zero-order valence-electron chi connectivity index (χ0n) is 16.2. The maximum Gasteiger partial charge on any atom is 0.422 e. The number of anilines is 1. The summed E-state index contributed by atoms with van der Waals surface area (Å²) in [6, 6.07) is 7.32. The quantitative estimate of drug-likeness (QED) is 0.686. The molecule has 0 unspecified atom stereocenters. The average Bonchev–Trinajstić information content (AvgIpc) is 2.84. The SMILES string of the molecule is CC1=C(C#N)[C@H]2C(=O)[C@H](C=C3C(=O)N(C(=O)OC(C)(C)C)c4cccc2c43)C1. The number of hydrogen-bond acceptors (Lipinski definition) is 5. The lowest BCUT2D eigenvalue weighted by atomic mass is 9.74. The van der Waals surface area contributed by atoms with Crippen LogP contribution >= 0.6 is 0 Å². The van der Waals surface area contributed by atoms with E-state index in [1.165, 1.54) is 0 Å². The van der Waals surface area contributed by atoms with E-state index < -0.39 is 29.4 Å². The molecule has 6 heteroatoms. The lowest BCUT2D eigenvalue weighted by Crippen LogP contribution is -2.38. The summed E-state index contributed by atoms with van der Waals surface area (Å²) in [5.74, 6) is -1.76. The minimum atomic E-state index is -0.751. The van der Waals surface area contributed by atoms with Gasteiger partial charge in [-0.25, -0.2) is 9.69 Å². The molecule has 0 aromatic heterocycles. The number of ether oxygens (including phenoxy) is 1. The predicted octanol–water partition coefficient (Wildman–Crippen LogP) is 3.88. The second-order valence-corrected chi connectivity index (χ2v) is 8.39. The molecule has 0 fully saturated rings. The molecule has 28 heavy (non-hydrogen) atoms. The van der Waals surface area contributed by atoms with Crippen molar-refractivity contribution in [3.8, 4) is 6.07 Å². The Labute approximate surface area is 163 Å². The highest BCUT2D eigenvalue weighted by atomic mass is 16.6. The van der Waals surface area contributed by atoms with Gasteiger partial charge in [0.1, 0.15) is 5.60 Å². The normalized spacial score (nSPS) is 23.1. The van der Waals surface area contributed by atoms with Crippen LogP contribution < -0.4 is 4.90 Å². The first-order chi connectivity index (χ1) is 13.1. The van der Waals surface area contributed by atoms with Crippen LogP contribution in [0.2, 0.25) is 0 Å². The van der Waals surface area contributed by atoms with Crippen molar-refractivity contribution in [1.82, 2.24) is 0 Å². The molecular weight excluding hydrogens is 356 g/mol. The summed E-state index contributed by atoms with van der Waals surface area (Å²) in [5, 5.41) is 9.65. The molecule has 1 aliphatic heterocycles. The number of allylic oxidation sites excluding steroid dienone is 3. The van der Waals surface area contributed by atoms with Crippen LogP contribution in [-0.2, 0) is 14.3 Å². The number of amides is 2. The summed E-state index contributed by atoms with van der Waals surface area (Å²) < 4.78 is 5.42. The van der Waals surface area contributed by atoms with Crippen LogP contribution in [-0.4, -0.2) is 23.4 Å². The highest BCUT2D eigenvalue weighted by Gasteiger charge is 2.47. The largest absolute Gasteiger partial charge is 0.443 e. The van der Waals surface area contributed by atoms with E-state index in [9.17, 15) is 19.6 Å². The number of carbonyl (C=O) groups is 3. The lowest BCUT2D eigenvalue weighted by molar-refractivity contribution is -0.122. The van der Waals surface area contributed by atoms with E-state index >= 15 is 0 Å². The maximum absolute atomic E-state index is 13.2. The van der Waals surface area contributed by atoms with E-state index in [1.807, 2.05) is 6.92 Å². The summed E-state index contributed by atoms with van der Waals surface area (Å²) in [5.41, 5.74) is 2.45. The Morgan fingerprint density at radius 2 is 2.00 bits per heavy atom. The van der Waals surface area contributed by atoms with Gasteiger partial charge in [0.25, 0.3) is 5.91 Å². The van der Waals surface area contributed by atoms with Crippen molar-refractivity contribution in [3.63, 3.8) is 0 Å². The minimum Gasteiger partial charge on any atom is -0.443 e. The second-order valence-electron chi connectivity index (χ2n) is 8.39. The third-order valence-electron chi connectivity index (χ3n) is 5.32. The molecule has 2 amide bonds. The Kier molecular flexibility index (Phi) is 3.83. The van der Waals surface area contributed by atoms with Gasteiger partial charge in [0.2, 0.25) is 0 Å². The van der Waals surface area contributed by atoms with Gasteiger partial charge < -0.3 is 4.74 Å². The molecule has 4 rings (SSSR count). The fourth-order valence-electron chi connectivity index (χ4n) is 4.21. The molecule has 1 aromatic carbocycles. The summed E-state index contributed by atoms with van der Waals surface area (Å²) in [4.78, 5) is 40.0. The molecule has 0 saturated carbocycles. The molecule has 3 aliphatic rings. The Hall–Kier alpha value is -3.20. The molecule has 2 bridgehead atoms. The summed E-state index contributed by atoms with van der Waals surface area (Å²) in [6.45, 7) is 7.06. The van der Waals surface area contributed by atoms with Gasteiger partial charge in [-0.15, -0.1) is 0 Å². The van der Waals surface area contributed by atoms with E-state index in [4.69, 9.17) is 4.74 Å². The fourth-order valence-corrected chi connectivity index (χ4v) is 4.21. The molecule has 2 atom stereocenters.